The zero-order valence-electron chi connectivity index (χ0n) is 16.9. The second-order valence-electron chi connectivity index (χ2n) is 7.28. The Morgan fingerprint density at radius 2 is 1.94 bits per heavy atom. The highest BCUT2D eigenvalue weighted by Crippen LogP contribution is 2.31. The molecule has 3 aromatic rings. The number of halogens is 1. The quantitative estimate of drug-likeness (QED) is 0.587. The van der Waals surface area contributed by atoms with Gasteiger partial charge in [0.15, 0.2) is 0 Å². The molecule has 9 nitrogen and oxygen atoms in total. The van der Waals surface area contributed by atoms with Gasteiger partial charge < -0.3 is 20.2 Å². The van der Waals surface area contributed by atoms with Crippen LogP contribution in [0.5, 0.6) is 0 Å². The first-order chi connectivity index (χ1) is 15.4. The average molecular weight is 471 g/mol. The number of carbonyl (C=O) groups excluding carboxylic acids is 1. The van der Waals surface area contributed by atoms with Gasteiger partial charge in [0.05, 0.1) is 10.2 Å². The predicted octanol–water partition coefficient (Wildman–Crippen LogP) is 2.74. The number of nitriles is 1. The highest BCUT2D eigenvalue weighted by molar-refractivity contribution is 7.20. The fourth-order valence-electron chi connectivity index (χ4n) is 3.69. The van der Waals surface area contributed by atoms with Gasteiger partial charge in [0, 0.05) is 37.6 Å². The minimum Gasteiger partial charge on any atom is -0.465 e. The lowest BCUT2D eigenvalue weighted by Gasteiger charge is -2.37. The number of carbonyl (C=O) groups is 2. The maximum atomic E-state index is 13.1. The van der Waals surface area contributed by atoms with Gasteiger partial charge in [0.25, 0.3) is 0 Å². The number of rotatable bonds is 5. The molecule has 0 aliphatic carbocycles. The zero-order valence-corrected chi connectivity index (χ0v) is 18.4. The molecule has 164 valence electrons. The van der Waals surface area contributed by atoms with Gasteiger partial charge >= 0.3 is 6.09 Å². The number of thiophene rings is 1. The van der Waals surface area contributed by atoms with Gasteiger partial charge in [0.1, 0.15) is 29.1 Å². The van der Waals surface area contributed by atoms with E-state index in [-0.39, 0.29) is 12.3 Å². The van der Waals surface area contributed by atoms with E-state index in [1.807, 2.05) is 0 Å². The number of piperazine rings is 1. The smallest absolute Gasteiger partial charge is 0.405 e. The Bertz CT molecular complexity index is 1180. The molecule has 2 amide bonds. The molecule has 1 saturated heterocycles. The first-order valence-corrected chi connectivity index (χ1v) is 11.1. The second-order valence-corrected chi connectivity index (χ2v) is 8.77. The molecule has 1 fully saturated rings. The number of anilines is 1. The number of amides is 2. The van der Waals surface area contributed by atoms with E-state index >= 15 is 0 Å². The van der Waals surface area contributed by atoms with Gasteiger partial charge in [-0.3, -0.25) is 4.79 Å². The molecule has 1 atom stereocenters. The summed E-state index contributed by atoms with van der Waals surface area (Å²) >= 11 is 7.26. The molecule has 2 N–H and O–H groups in total. The molecular formula is C21H19ClN6O3S. The van der Waals surface area contributed by atoms with Crippen LogP contribution in [-0.4, -0.2) is 64.2 Å². The molecule has 1 aromatic carbocycles. The lowest BCUT2D eigenvalue weighted by Crippen LogP contribution is -2.55. The summed E-state index contributed by atoms with van der Waals surface area (Å²) in [5, 5.41) is 21.3. The monoisotopic (exact) mass is 470 g/mol. The summed E-state index contributed by atoms with van der Waals surface area (Å²) in [5.74, 6) is 0.479. The molecule has 1 aliphatic rings. The molecule has 1 aliphatic heterocycles. The molecule has 0 radical (unpaired) electrons. The van der Waals surface area contributed by atoms with E-state index < -0.39 is 12.1 Å². The van der Waals surface area contributed by atoms with Crippen molar-refractivity contribution in [2.75, 3.05) is 31.1 Å². The summed E-state index contributed by atoms with van der Waals surface area (Å²) in [6.07, 6.45) is 0.466. The maximum Gasteiger partial charge on any atom is 0.405 e. The van der Waals surface area contributed by atoms with Crippen LogP contribution in [0, 0.1) is 11.3 Å². The molecule has 0 saturated carbocycles. The Morgan fingerprint density at radius 1 is 1.22 bits per heavy atom. The van der Waals surface area contributed by atoms with Gasteiger partial charge in [0.2, 0.25) is 5.91 Å². The number of aromatic nitrogens is 2. The van der Waals surface area contributed by atoms with E-state index in [9.17, 15) is 14.7 Å². The van der Waals surface area contributed by atoms with E-state index in [1.54, 1.807) is 35.2 Å². The Hall–Kier alpha value is -3.42. The van der Waals surface area contributed by atoms with Crippen molar-refractivity contribution in [2.45, 2.75) is 12.5 Å². The number of fused-ring (bicyclic) bond motifs is 1. The van der Waals surface area contributed by atoms with Crippen LogP contribution in [0.1, 0.15) is 10.4 Å². The normalized spacial score (nSPS) is 14.8. The lowest BCUT2D eigenvalue weighted by atomic mass is 10.0. The number of carboxylic acid groups (broad SMARTS) is 1. The van der Waals surface area contributed by atoms with Crippen molar-refractivity contribution in [1.29, 1.82) is 5.26 Å². The van der Waals surface area contributed by atoms with Gasteiger partial charge in [-0.05, 0) is 23.8 Å². The Kier molecular flexibility index (Phi) is 6.39. The van der Waals surface area contributed by atoms with Gasteiger partial charge in [-0.1, -0.05) is 23.7 Å². The summed E-state index contributed by atoms with van der Waals surface area (Å²) in [7, 11) is 0. The summed E-state index contributed by atoms with van der Waals surface area (Å²) in [4.78, 5) is 37.3. The van der Waals surface area contributed by atoms with Gasteiger partial charge in [-0.15, -0.1) is 11.3 Å². The van der Waals surface area contributed by atoms with E-state index in [1.165, 1.54) is 17.7 Å². The fourth-order valence-corrected chi connectivity index (χ4v) is 4.74. The van der Waals surface area contributed by atoms with Crippen molar-refractivity contribution >= 4 is 51.0 Å². The molecule has 0 spiro atoms. The van der Waals surface area contributed by atoms with Crippen molar-refractivity contribution in [3.63, 3.8) is 0 Å². The van der Waals surface area contributed by atoms with Crippen molar-refractivity contribution in [3.8, 4) is 6.07 Å². The summed E-state index contributed by atoms with van der Waals surface area (Å²) in [5.41, 5.74) is 1.54. The molecule has 32 heavy (non-hydrogen) atoms. The van der Waals surface area contributed by atoms with E-state index in [0.29, 0.717) is 36.1 Å². The minimum atomic E-state index is -1.25. The van der Waals surface area contributed by atoms with Crippen molar-refractivity contribution < 1.29 is 14.7 Å². The molecule has 3 heterocycles. The van der Waals surface area contributed by atoms with Crippen LogP contribution in [0.15, 0.2) is 36.7 Å². The Morgan fingerprint density at radius 3 is 2.59 bits per heavy atom. The largest absolute Gasteiger partial charge is 0.465 e. The molecule has 0 bridgehead atoms. The van der Waals surface area contributed by atoms with Crippen molar-refractivity contribution in [2.24, 2.45) is 0 Å². The maximum absolute atomic E-state index is 13.1. The first kappa shape index (κ1) is 21.8. The Labute approximate surface area is 192 Å². The summed E-state index contributed by atoms with van der Waals surface area (Å²) in [6, 6.07) is 9.97. The second kappa shape index (κ2) is 9.38. The highest BCUT2D eigenvalue weighted by Gasteiger charge is 2.30. The number of hydrogen-bond acceptors (Lipinski definition) is 7. The number of nitrogens with one attached hydrogen (secondary N) is 1. The van der Waals surface area contributed by atoms with Crippen LogP contribution in [-0.2, 0) is 11.2 Å². The third kappa shape index (κ3) is 4.74. The third-order valence-electron chi connectivity index (χ3n) is 5.24. The van der Waals surface area contributed by atoms with E-state index in [0.717, 1.165) is 21.6 Å². The lowest BCUT2D eigenvalue weighted by molar-refractivity contribution is -0.133. The van der Waals surface area contributed by atoms with Crippen molar-refractivity contribution in [1.82, 2.24) is 20.2 Å². The summed E-state index contributed by atoms with van der Waals surface area (Å²) < 4.78 is 0.844. The van der Waals surface area contributed by atoms with Crippen LogP contribution in [0.3, 0.4) is 0 Å². The average Bonchev–Trinajstić information content (AvgIpc) is 3.23. The minimum absolute atomic E-state index is 0.237. The van der Waals surface area contributed by atoms with Crippen molar-refractivity contribution in [3.05, 3.63) is 52.1 Å². The predicted molar refractivity (Wildman–Crippen MR) is 121 cm³/mol. The number of nitrogens with zero attached hydrogens (tertiary/aromatic N) is 5. The van der Waals surface area contributed by atoms with E-state index in [2.05, 4.69) is 26.3 Å². The van der Waals surface area contributed by atoms with Crippen LogP contribution in [0.2, 0.25) is 5.02 Å². The first-order valence-electron chi connectivity index (χ1n) is 9.87. The molecule has 2 aromatic heterocycles. The van der Waals surface area contributed by atoms with Crippen LogP contribution in [0.25, 0.3) is 10.2 Å². The molecular weight excluding hydrogens is 452 g/mol. The molecule has 11 heteroatoms. The zero-order chi connectivity index (χ0) is 22.7. The summed E-state index contributed by atoms with van der Waals surface area (Å²) in [6.45, 7) is 1.94. The van der Waals surface area contributed by atoms with Gasteiger partial charge in [-0.25, -0.2) is 14.8 Å². The van der Waals surface area contributed by atoms with Crippen LogP contribution < -0.4 is 10.2 Å². The topological polar surface area (TPSA) is 122 Å². The highest BCUT2D eigenvalue weighted by atomic mass is 35.5. The molecule has 1 unspecified atom stereocenters. The van der Waals surface area contributed by atoms with Gasteiger partial charge in [-0.2, -0.15) is 5.26 Å². The van der Waals surface area contributed by atoms with Crippen LogP contribution >= 0.6 is 22.9 Å². The molecule has 4 rings (SSSR count). The van der Waals surface area contributed by atoms with E-state index in [4.69, 9.17) is 16.9 Å². The Balaban J connectivity index is 1.45. The third-order valence-corrected chi connectivity index (χ3v) is 6.52. The number of benzene rings is 1. The standard InChI is InChI=1S/C21H19ClN6O3S/c22-14-3-1-13(2-4-14)9-17(26-21(30)31)20(29)28-7-5-27(6-8-28)19-18-16(24-12-25-19)10-15(11-23)32-18/h1-4,10,12,17,26H,5-9H2,(H,30,31). The SMILES string of the molecule is N#Cc1cc2ncnc(N3CCN(C(=O)C(Cc4ccc(Cl)cc4)NC(=O)O)CC3)c2s1. The fraction of sp³-hybridized carbons (Fsp3) is 0.286. The van der Waals surface area contributed by atoms with Crippen LogP contribution in [0.4, 0.5) is 10.6 Å². The number of hydrogen-bond donors (Lipinski definition) is 2.